The number of aryl methyl sites for hydroxylation is 1. The van der Waals surface area contributed by atoms with Crippen LogP contribution in [-0.4, -0.2) is 16.0 Å². The number of nitro groups is 1. The minimum atomic E-state index is -1.09. The molecule has 2 rings (SSSR count). The van der Waals surface area contributed by atoms with Gasteiger partial charge in [-0.15, -0.1) is 0 Å². The van der Waals surface area contributed by atoms with E-state index in [1.54, 1.807) is 25.1 Å². The quantitative estimate of drug-likeness (QED) is 0.477. The van der Waals surface area contributed by atoms with Crippen LogP contribution in [0.5, 0.6) is 11.5 Å². The van der Waals surface area contributed by atoms with Crippen LogP contribution in [0.3, 0.4) is 0 Å². The van der Waals surface area contributed by atoms with Crippen molar-refractivity contribution in [2.75, 3.05) is 0 Å². The van der Waals surface area contributed by atoms with Crippen LogP contribution in [0.2, 0.25) is 0 Å². The fraction of sp³-hybridized carbons (Fsp3) is 0.0714. The Hall–Kier alpha value is -2.16. The molecule has 0 heterocycles. The molecule has 0 saturated carbocycles. The summed E-state index contributed by atoms with van der Waals surface area (Å²) in [5.74, 6) is -0.702. The number of halogens is 1. The highest BCUT2D eigenvalue weighted by molar-refractivity contribution is 14.1. The Bertz CT molecular complexity index is 729. The molecule has 0 fully saturated rings. The Morgan fingerprint density at radius 2 is 2.05 bits per heavy atom. The van der Waals surface area contributed by atoms with Gasteiger partial charge in [-0.25, -0.2) is 4.79 Å². The average Bonchev–Trinajstić information content (AvgIpc) is 2.42. The van der Waals surface area contributed by atoms with Crippen LogP contribution >= 0.6 is 22.6 Å². The minimum Gasteiger partial charge on any atom is -0.478 e. The second-order valence-electron chi connectivity index (χ2n) is 4.23. The fourth-order valence-corrected chi connectivity index (χ4v) is 2.18. The van der Waals surface area contributed by atoms with E-state index in [-0.39, 0.29) is 22.7 Å². The van der Waals surface area contributed by atoms with Crippen molar-refractivity contribution in [1.29, 1.82) is 0 Å². The molecule has 0 saturated heterocycles. The Morgan fingerprint density at radius 3 is 2.67 bits per heavy atom. The van der Waals surface area contributed by atoms with E-state index in [2.05, 4.69) is 0 Å². The third kappa shape index (κ3) is 3.30. The number of benzene rings is 2. The maximum absolute atomic E-state index is 11.1. The number of ether oxygens (including phenoxy) is 1. The molecular formula is C14H10INO5. The van der Waals surface area contributed by atoms with Crippen molar-refractivity contribution in [3.63, 3.8) is 0 Å². The van der Waals surface area contributed by atoms with Crippen LogP contribution in [0.15, 0.2) is 36.4 Å². The van der Waals surface area contributed by atoms with E-state index in [0.29, 0.717) is 9.13 Å². The van der Waals surface area contributed by atoms with Gasteiger partial charge in [-0.2, -0.15) is 0 Å². The van der Waals surface area contributed by atoms with Crippen LogP contribution in [0.1, 0.15) is 15.9 Å². The largest absolute Gasteiger partial charge is 0.478 e. The summed E-state index contributed by atoms with van der Waals surface area (Å²) in [6.45, 7) is 1.69. The predicted octanol–water partition coefficient (Wildman–Crippen LogP) is 4.00. The van der Waals surface area contributed by atoms with Gasteiger partial charge in [-0.3, -0.25) is 10.1 Å². The van der Waals surface area contributed by atoms with Gasteiger partial charge in [-0.05, 0) is 53.3 Å². The lowest BCUT2D eigenvalue weighted by atomic mass is 10.2. The van der Waals surface area contributed by atoms with Crippen LogP contribution in [0.25, 0.3) is 0 Å². The number of para-hydroxylation sites is 1. The molecule has 0 amide bonds. The number of hydrogen-bond acceptors (Lipinski definition) is 4. The predicted molar refractivity (Wildman–Crippen MR) is 84.0 cm³/mol. The molecule has 0 unspecified atom stereocenters. The number of hydrogen-bond donors (Lipinski definition) is 1. The first-order valence-corrected chi connectivity index (χ1v) is 6.92. The number of nitrogens with zero attached hydrogens (tertiary/aromatic N) is 1. The summed E-state index contributed by atoms with van der Waals surface area (Å²) >= 11 is 1.98. The van der Waals surface area contributed by atoms with Gasteiger partial charge < -0.3 is 9.84 Å². The molecule has 0 radical (unpaired) electrons. The summed E-state index contributed by atoms with van der Waals surface area (Å²) in [6.07, 6.45) is 0. The smallest absolute Gasteiger partial charge is 0.335 e. The summed E-state index contributed by atoms with van der Waals surface area (Å²) in [7, 11) is 0. The van der Waals surface area contributed by atoms with Crippen molar-refractivity contribution in [2.24, 2.45) is 0 Å². The highest BCUT2D eigenvalue weighted by atomic mass is 127. The Balaban J connectivity index is 2.50. The fourth-order valence-electron chi connectivity index (χ4n) is 1.74. The van der Waals surface area contributed by atoms with Gasteiger partial charge in [0.25, 0.3) is 0 Å². The average molecular weight is 399 g/mol. The summed E-state index contributed by atoms with van der Waals surface area (Å²) in [5.41, 5.74) is 0.494. The van der Waals surface area contributed by atoms with Crippen molar-refractivity contribution in [3.8, 4) is 11.5 Å². The minimum absolute atomic E-state index is 0.0571. The summed E-state index contributed by atoms with van der Waals surface area (Å²) in [6, 6.07) is 8.98. The van der Waals surface area contributed by atoms with Crippen molar-refractivity contribution in [2.45, 2.75) is 6.92 Å². The van der Waals surface area contributed by atoms with Gasteiger partial charge in [0.2, 0.25) is 5.75 Å². The van der Waals surface area contributed by atoms with Gasteiger partial charge in [0.1, 0.15) is 5.75 Å². The highest BCUT2D eigenvalue weighted by Crippen LogP contribution is 2.36. The molecule has 0 aliphatic heterocycles. The van der Waals surface area contributed by atoms with Crippen LogP contribution in [-0.2, 0) is 0 Å². The van der Waals surface area contributed by atoms with E-state index >= 15 is 0 Å². The lowest BCUT2D eigenvalue weighted by Gasteiger charge is -2.11. The second-order valence-corrected chi connectivity index (χ2v) is 5.39. The van der Waals surface area contributed by atoms with Crippen LogP contribution in [0, 0.1) is 20.6 Å². The normalized spacial score (nSPS) is 10.2. The van der Waals surface area contributed by atoms with Gasteiger partial charge in [0.15, 0.2) is 0 Å². The number of carboxylic acid groups (broad SMARTS) is 1. The van der Waals surface area contributed by atoms with E-state index in [1.807, 2.05) is 22.6 Å². The summed E-state index contributed by atoms with van der Waals surface area (Å²) in [5, 5.41) is 20.1. The molecule has 6 nitrogen and oxygen atoms in total. The number of carboxylic acids is 1. The molecule has 7 heteroatoms. The van der Waals surface area contributed by atoms with Gasteiger partial charge in [0.05, 0.1) is 14.1 Å². The van der Waals surface area contributed by atoms with Crippen molar-refractivity contribution < 1.29 is 19.6 Å². The van der Waals surface area contributed by atoms with Crippen molar-refractivity contribution in [1.82, 2.24) is 0 Å². The maximum Gasteiger partial charge on any atom is 0.335 e. The van der Waals surface area contributed by atoms with Gasteiger partial charge >= 0.3 is 11.7 Å². The van der Waals surface area contributed by atoms with Crippen molar-refractivity contribution in [3.05, 3.63) is 61.2 Å². The van der Waals surface area contributed by atoms with Crippen LogP contribution in [0.4, 0.5) is 5.69 Å². The summed E-state index contributed by atoms with van der Waals surface area (Å²) < 4.78 is 6.27. The molecular weight excluding hydrogens is 389 g/mol. The zero-order valence-electron chi connectivity index (χ0n) is 10.9. The third-order valence-electron chi connectivity index (χ3n) is 2.78. The molecule has 0 aliphatic rings. The van der Waals surface area contributed by atoms with Gasteiger partial charge in [-0.1, -0.05) is 12.1 Å². The zero-order chi connectivity index (χ0) is 15.6. The first-order valence-electron chi connectivity index (χ1n) is 5.85. The number of rotatable bonds is 4. The first kappa shape index (κ1) is 15.2. The van der Waals surface area contributed by atoms with E-state index < -0.39 is 10.9 Å². The molecule has 0 atom stereocenters. The Morgan fingerprint density at radius 1 is 1.33 bits per heavy atom. The van der Waals surface area contributed by atoms with E-state index in [0.717, 1.165) is 0 Å². The van der Waals surface area contributed by atoms with Crippen LogP contribution < -0.4 is 4.74 Å². The molecule has 0 bridgehead atoms. The first-order chi connectivity index (χ1) is 9.90. The topological polar surface area (TPSA) is 89.7 Å². The molecule has 21 heavy (non-hydrogen) atoms. The summed E-state index contributed by atoms with van der Waals surface area (Å²) in [4.78, 5) is 21.5. The third-order valence-corrected chi connectivity index (χ3v) is 3.67. The van der Waals surface area contributed by atoms with E-state index in [4.69, 9.17) is 9.84 Å². The number of nitro benzene ring substituents is 1. The van der Waals surface area contributed by atoms with Gasteiger partial charge in [0, 0.05) is 6.07 Å². The monoisotopic (exact) mass is 399 g/mol. The highest BCUT2D eigenvalue weighted by Gasteiger charge is 2.19. The number of carbonyl (C=O) groups is 1. The number of aromatic carboxylic acids is 1. The molecule has 0 aromatic heterocycles. The molecule has 1 N–H and O–H groups in total. The molecule has 108 valence electrons. The van der Waals surface area contributed by atoms with Crippen molar-refractivity contribution >= 4 is 34.2 Å². The van der Waals surface area contributed by atoms with E-state index in [1.165, 1.54) is 18.2 Å². The standard InChI is InChI=1S/C14H10INO5/c1-8-3-2-4-11(16(19)20)13(8)21-12-7-9(14(17)18)5-6-10(12)15/h2-7H,1H3,(H,17,18). The lowest BCUT2D eigenvalue weighted by molar-refractivity contribution is -0.385. The maximum atomic E-state index is 11.1. The second kappa shape index (κ2) is 6.08. The lowest BCUT2D eigenvalue weighted by Crippen LogP contribution is -2.00. The van der Waals surface area contributed by atoms with E-state index in [9.17, 15) is 14.9 Å². The molecule has 2 aromatic carbocycles. The molecule has 0 spiro atoms. The Labute approximate surface area is 133 Å². The molecule has 0 aliphatic carbocycles. The Kier molecular flexibility index (Phi) is 4.41. The zero-order valence-corrected chi connectivity index (χ0v) is 13.0. The SMILES string of the molecule is Cc1cccc([N+](=O)[O-])c1Oc1cc(C(=O)O)ccc1I. The molecule has 2 aromatic rings.